The lowest BCUT2D eigenvalue weighted by atomic mass is 9.97. The lowest BCUT2D eigenvalue weighted by molar-refractivity contribution is -0.274. The Hall–Kier alpha value is -2.13. The highest BCUT2D eigenvalue weighted by Gasteiger charge is 2.37. The van der Waals surface area contributed by atoms with Crippen molar-refractivity contribution in [2.75, 3.05) is 19.7 Å². The molecule has 3 rings (SSSR count). The summed E-state index contributed by atoms with van der Waals surface area (Å²) < 4.78 is 45.6. The molecule has 1 aliphatic heterocycles. The molecular weight excluding hydrogens is 339 g/mol. The van der Waals surface area contributed by atoms with Gasteiger partial charge in [0.05, 0.1) is 5.92 Å². The van der Waals surface area contributed by atoms with E-state index in [9.17, 15) is 18.3 Å². The summed E-state index contributed by atoms with van der Waals surface area (Å²) in [6.07, 6.45) is -4.69. The van der Waals surface area contributed by atoms with Crippen LogP contribution in [0, 0.1) is 12.8 Å². The van der Waals surface area contributed by atoms with Crippen molar-refractivity contribution in [1.82, 2.24) is 15.0 Å². The first-order valence-electron chi connectivity index (χ1n) is 7.82. The highest BCUT2D eigenvalue weighted by atomic mass is 19.4. The summed E-state index contributed by atoms with van der Waals surface area (Å²) in [5, 5.41) is 13.4. The van der Waals surface area contributed by atoms with Crippen LogP contribution in [0.4, 0.5) is 13.2 Å². The van der Waals surface area contributed by atoms with Crippen molar-refractivity contribution in [3.63, 3.8) is 0 Å². The van der Waals surface area contributed by atoms with Crippen molar-refractivity contribution in [3.05, 3.63) is 41.5 Å². The number of halogens is 3. The van der Waals surface area contributed by atoms with Crippen LogP contribution in [0.1, 0.15) is 23.2 Å². The topological polar surface area (TPSA) is 71.6 Å². The number of aliphatic hydroxyl groups excluding tert-OH is 1. The molecule has 0 bridgehead atoms. The summed E-state index contributed by atoms with van der Waals surface area (Å²) in [4.78, 5) is 6.34. The van der Waals surface area contributed by atoms with E-state index in [1.165, 1.54) is 12.1 Å². The lowest BCUT2D eigenvalue weighted by Crippen LogP contribution is -2.21. The molecule has 6 nitrogen and oxygen atoms in total. The SMILES string of the molecule is Cc1noc([C@@H]2CN(Cc3ccc(OC(F)(F)F)cc3)C[C@H]2CO)n1. The number of aryl methyl sites for hydroxylation is 1. The monoisotopic (exact) mass is 357 g/mol. The van der Waals surface area contributed by atoms with Crippen LogP contribution in [-0.2, 0) is 6.54 Å². The van der Waals surface area contributed by atoms with Crippen molar-refractivity contribution in [1.29, 1.82) is 0 Å². The predicted octanol–water partition coefficient (Wildman–Crippen LogP) is 2.48. The van der Waals surface area contributed by atoms with Gasteiger partial charge in [0.2, 0.25) is 5.89 Å². The zero-order valence-corrected chi connectivity index (χ0v) is 13.5. The predicted molar refractivity (Wildman–Crippen MR) is 80.8 cm³/mol. The molecule has 1 aromatic carbocycles. The van der Waals surface area contributed by atoms with Crippen molar-refractivity contribution in [2.24, 2.45) is 5.92 Å². The smallest absolute Gasteiger partial charge is 0.406 e. The molecule has 1 aromatic heterocycles. The third-order valence-corrected chi connectivity index (χ3v) is 4.17. The Labute approximate surface area is 142 Å². The van der Waals surface area contributed by atoms with Crippen LogP contribution in [0.5, 0.6) is 5.75 Å². The normalized spacial score (nSPS) is 21.6. The summed E-state index contributed by atoms with van der Waals surface area (Å²) >= 11 is 0. The second-order valence-corrected chi connectivity index (χ2v) is 6.11. The fourth-order valence-electron chi connectivity index (χ4n) is 3.07. The molecule has 1 N–H and O–H groups in total. The van der Waals surface area contributed by atoms with Gasteiger partial charge in [-0.15, -0.1) is 13.2 Å². The molecule has 1 fully saturated rings. The van der Waals surface area contributed by atoms with Gasteiger partial charge in [0.15, 0.2) is 5.82 Å². The molecule has 1 aliphatic rings. The van der Waals surface area contributed by atoms with E-state index in [0.29, 0.717) is 31.3 Å². The molecule has 0 spiro atoms. The molecule has 0 unspecified atom stereocenters. The average Bonchev–Trinajstić information content (AvgIpc) is 3.13. The minimum absolute atomic E-state index is 0.000947. The Morgan fingerprint density at radius 3 is 2.56 bits per heavy atom. The zero-order valence-electron chi connectivity index (χ0n) is 13.5. The van der Waals surface area contributed by atoms with E-state index in [4.69, 9.17) is 4.52 Å². The summed E-state index contributed by atoms with van der Waals surface area (Å²) in [5.41, 5.74) is 0.855. The molecule has 1 saturated heterocycles. The van der Waals surface area contributed by atoms with Crippen molar-refractivity contribution in [3.8, 4) is 5.75 Å². The first-order chi connectivity index (χ1) is 11.8. The van der Waals surface area contributed by atoms with Gasteiger partial charge < -0.3 is 14.4 Å². The summed E-state index contributed by atoms with van der Waals surface area (Å²) in [5.74, 6) is 0.732. The Kier molecular flexibility index (Phi) is 4.96. The molecule has 2 aromatic rings. The van der Waals surface area contributed by atoms with Crippen LogP contribution in [0.2, 0.25) is 0 Å². The van der Waals surface area contributed by atoms with E-state index in [-0.39, 0.29) is 24.2 Å². The molecule has 25 heavy (non-hydrogen) atoms. The first kappa shape index (κ1) is 17.7. The number of alkyl halides is 3. The largest absolute Gasteiger partial charge is 0.573 e. The van der Waals surface area contributed by atoms with E-state index in [1.807, 2.05) is 0 Å². The minimum atomic E-state index is -4.69. The van der Waals surface area contributed by atoms with Gasteiger partial charge in [-0.1, -0.05) is 17.3 Å². The molecule has 9 heteroatoms. The van der Waals surface area contributed by atoms with Gasteiger partial charge in [-0.25, -0.2) is 0 Å². The van der Waals surface area contributed by atoms with Gasteiger partial charge in [-0.05, 0) is 24.6 Å². The lowest BCUT2D eigenvalue weighted by Gasteiger charge is -2.16. The van der Waals surface area contributed by atoms with Gasteiger partial charge in [0.1, 0.15) is 5.75 Å². The van der Waals surface area contributed by atoms with Crippen LogP contribution < -0.4 is 4.74 Å². The number of ether oxygens (including phenoxy) is 1. The molecule has 0 radical (unpaired) electrons. The van der Waals surface area contributed by atoms with E-state index < -0.39 is 6.36 Å². The quantitative estimate of drug-likeness (QED) is 0.887. The number of aromatic nitrogens is 2. The number of likely N-dealkylation sites (tertiary alicyclic amines) is 1. The van der Waals surface area contributed by atoms with Crippen molar-refractivity contribution >= 4 is 0 Å². The number of benzene rings is 1. The minimum Gasteiger partial charge on any atom is -0.406 e. The van der Waals surface area contributed by atoms with Crippen LogP contribution in [0.25, 0.3) is 0 Å². The van der Waals surface area contributed by atoms with Crippen LogP contribution >= 0.6 is 0 Å². The fraction of sp³-hybridized carbons (Fsp3) is 0.500. The molecule has 136 valence electrons. The van der Waals surface area contributed by atoms with Crippen LogP contribution in [-0.4, -0.2) is 46.2 Å². The zero-order chi connectivity index (χ0) is 18.0. The van der Waals surface area contributed by atoms with Gasteiger partial charge >= 0.3 is 6.36 Å². The van der Waals surface area contributed by atoms with Crippen LogP contribution in [0.3, 0.4) is 0 Å². The Bertz CT molecular complexity index is 703. The molecule has 0 saturated carbocycles. The molecule has 2 atom stereocenters. The van der Waals surface area contributed by atoms with Crippen molar-refractivity contribution in [2.45, 2.75) is 25.7 Å². The second kappa shape index (κ2) is 7.01. The summed E-state index contributed by atoms with van der Waals surface area (Å²) in [7, 11) is 0. The van der Waals surface area contributed by atoms with E-state index in [1.54, 1.807) is 19.1 Å². The average molecular weight is 357 g/mol. The molecular formula is C16H18F3N3O3. The maximum Gasteiger partial charge on any atom is 0.573 e. The van der Waals surface area contributed by atoms with Gasteiger partial charge in [0, 0.05) is 32.2 Å². The first-order valence-corrected chi connectivity index (χ1v) is 7.82. The Morgan fingerprint density at radius 2 is 2.00 bits per heavy atom. The van der Waals surface area contributed by atoms with E-state index in [2.05, 4.69) is 19.8 Å². The highest BCUT2D eigenvalue weighted by Crippen LogP contribution is 2.32. The summed E-state index contributed by atoms with van der Waals surface area (Å²) in [6.45, 7) is 3.56. The van der Waals surface area contributed by atoms with Crippen LogP contribution in [0.15, 0.2) is 28.8 Å². The molecule has 2 heterocycles. The van der Waals surface area contributed by atoms with Crippen molar-refractivity contribution < 1.29 is 27.5 Å². The van der Waals surface area contributed by atoms with E-state index >= 15 is 0 Å². The Morgan fingerprint density at radius 1 is 1.28 bits per heavy atom. The summed E-state index contributed by atoms with van der Waals surface area (Å²) in [6, 6.07) is 5.78. The van der Waals surface area contributed by atoms with Gasteiger partial charge in [0.25, 0.3) is 0 Å². The highest BCUT2D eigenvalue weighted by molar-refractivity contribution is 5.27. The second-order valence-electron chi connectivity index (χ2n) is 6.11. The maximum atomic E-state index is 12.2. The number of hydrogen-bond donors (Lipinski definition) is 1. The standard InChI is InChI=1S/C16H18F3N3O3/c1-10-20-15(25-21-10)14-8-22(7-12(14)9-23)6-11-2-4-13(5-3-11)24-16(17,18)19/h2-5,12,14,23H,6-9H2,1H3/t12-,14+/m0/s1. The maximum absolute atomic E-state index is 12.2. The Balaban J connectivity index is 1.63. The van der Waals surface area contributed by atoms with Gasteiger partial charge in [-0.2, -0.15) is 4.98 Å². The number of aliphatic hydroxyl groups is 1. The molecule has 0 amide bonds. The number of rotatable bonds is 5. The van der Waals surface area contributed by atoms with E-state index in [0.717, 1.165) is 5.56 Å². The third-order valence-electron chi connectivity index (χ3n) is 4.17. The fourth-order valence-corrected chi connectivity index (χ4v) is 3.07. The van der Waals surface area contributed by atoms with Gasteiger partial charge in [-0.3, -0.25) is 4.90 Å². The number of nitrogens with zero attached hydrogens (tertiary/aromatic N) is 3. The third kappa shape index (κ3) is 4.49. The molecule has 0 aliphatic carbocycles. The number of hydrogen-bond acceptors (Lipinski definition) is 6.